The van der Waals surface area contributed by atoms with E-state index in [-0.39, 0.29) is 17.7 Å². The zero-order valence-corrected chi connectivity index (χ0v) is 13.9. The second-order valence-electron chi connectivity index (χ2n) is 6.18. The molecule has 1 aliphatic rings. The van der Waals surface area contributed by atoms with Gasteiger partial charge in [0, 0.05) is 44.3 Å². The van der Waals surface area contributed by atoms with Crippen LogP contribution in [0.1, 0.15) is 12.5 Å². The minimum absolute atomic E-state index is 0.0891. The molecule has 1 saturated heterocycles. The Kier molecular flexibility index (Phi) is 6.12. The zero-order chi connectivity index (χ0) is 16.8. The van der Waals surface area contributed by atoms with E-state index >= 15 is 0 Å². The minimum Gasteiger partial charge on any atom is -0.340 e. The number of nitrogens with zero attached hydrogens (tertiary/aromatic N) is 2. The van der Waals surface area contributed by atoms with Gasteiger partial charge in [-0.1, -0.05) is 19.1 Å². The molecular formula is C17H26N4O2. The predicted octanol–water partition coefficient (Wildman–Crippen LogP) is 0.536. The summed E-state index contributed by atoms with van der Waals surface area (Å²) in [5.41, 5.74) is 7.16. The van der Waals surface area contributed by atoms with Gasteiger partial charge in [-0.3, -0.25) is 9.59 Å². The summed E-state index contributed by atoms with van der Waals surface area (Å²) in [6.07, 6.45) is 0.400. The normalized spacial score (nSPS) is 16.9. The maximum absolute atomic E-state index is 12.3. The number of likely N-dealkylation sites (N-methyl/N-ethyl adjacent to an activating group) is 1. The van der Waals surface area contributed by atoms with Crippen molar-refractivity contribution in [2.24, 2.45) is 11.7 Å². The predicted molar refractivity (Wildman–Crippen MR) is 91.1 cm³/mol. The SMILES string of the molecule is CC(CN)C(=O)Nc1ccc(CC(=O)N2CCN(C)CC2)cc1. The van der Waals surface area contributed by atoms with Crippen LogP contribution in [0.25, 0.3) is 0 Å². The zero-order valence-electron chi connectivity index (χ0n) is 13.9. The number of hydrogen-bond donors (Lipinski definition) is 2. The summed E-state index contributed by atoms with van der Waals surface area (Å²) < 4.78 is 0. The van der Waals surface area contributed by atoms with Crippen molar-refractivity contribution in [3.63, 3.8) is 0 Å². The number of piperazine rings is 1. The van der Waals surface area contributed by atoms with Crippen LogP contribution in [0.15, 0.2) is 24.3 Å². The largest absolute Gasteiger partial charge is 0.340 e. The van der Waals surface area contributed by atoms with Crippen LogP contribution in [0, 0.1) is 5.92 Å². The lowest BCUT2D eigenvalue weighted by atomic mass is 10.1. The van der Waals surface area contributed by atoms with Crippen molar-refractivity contribution in [1.82, 2.24) is 9.80 Å². The van der Waals surface area contributed by atoms with Gasteiger partial charge in [-0.2, -0.15) is 0 Å². The van der Waals surface area contributed by atoms with Gasteiger partial charge in [0.25, 0.3) is 0 Å². The number of rotatable bonds is 5. The Morgan fingerprint density at radius 3 is 2.35 bits per heavy atom. The molecule has 126 valence electrons. The molecule has 0 spiro atoms. The Labute approximate surface area is 137 Å². The van der Waals surface area contributed by atoms with Crippen LogP contribution in [-0.4, -0.2) is 61.4 Å². The molecule has 0 aromatic heterocycles. The number of amides is 2. The Hall–Kier alpha value is -1.92. The van der Waals surface area contributed by atoms with Gasteiger partial charge in [-0.05, 0) is 24.7 Å². The topological polar surface area (TPSA) is 78.7 Å². The smallest absolute Gasteiger partial charge is 0.228 e. The Morgan fingerprint density at radius 2 is 1.78 bits per heavy atom. The molecule has 6 heteroatoms. The summed E-state index contributed by atoms with van der Waals surface area (Å²) in [6.45, 7) is 5.55. The number of hydrogen-bond acceptors (Lipinski definition) is 4. The highest BCUT2D eigenvalue weighted by atomic mass is 16.2. The highest BCUT2D eigenvalue weighted by molar-refractivity contribution is 5.92. The van der Waals surface area contributed by atoms with E-state index in [0.717, 1.165) is 37.4 Å². The van der Waals surface area contributed by atoms with Crippen LogP contribution in [0.2, 0.25) is 0 Å². The van der Waals surface area contributed by atoms with E-state index in [0.29, 0.717) is 13.0 Å². The summed E-state index contributed by atoms with van der Waals surface area (Å²) in [5, 5.41) is 2.82. The van der Waals surface area contributed by atoms with Crippen molar-refractivity contribution in [2.75, 3.05) is 45.1 Å². The molecule has 2 amide bonds. The van der Waals surface area contributed by atoms with Crippen LogP contribution in [0.3, 0.4) is 0 Å². The number of carbonyl (C=O) groups excluding carboxylic acids is 2. The maximum Gasteiger partial charge on any atom is 0.228 e. The van der Waals surface area contributed by atoms with Gasteiger partial charge in [0.05, 0.1) is 6.42 Å². The van der Waals surface area contributed by atoms with Gasteiger partial charge < -0.3 is 20.9 Å². The molecule has 1 heterocycles. The van der Waals surface area contributed by atoms with E-state index in [4.69, 9.17) is 5.73 Å². The van der Waals surface area contributed by atoms with Crippen LogP contribution < -0.4 is 11.1 Å². The van der Waals surface area contributed by atoms with E-state index in [1.807, 2.05) is 29.2 Å². The quantitative estimate of drug-likeness (QED) is 0.830. The van der Waals surface area contributed by atoms with Crippen molar-refractivity contribution in [1.29, 1.82) is 0 Å². The molecule has 23 heavy (non-hydrogen) atoms. The molecule has 6 nitrogen and oxygen atoms in total. The van der Waals surface area contributed by atoms with Crippen molar-refractivity contribution < 1.29 is 9.59 Å². The fourth-order valence-electron chi connectivity index (χ4n) is 2.42. The summed E-state index contributed by atoms with van der Waals surface area (Å²) in [4.78, 5) is 28.2. The van der Waals surface area contributed by atoms with E-state index in [9.17, 15) is 9.59 Å². The Balaban J connectivity index is 1.87. The van der Waals surface area contributed by atoms with Crippen LogP contribution in [0.4, 0.5) is 5.69 Å². The molecule has 1 aliphatic heterocycles. The first-order valence-corrected chi connectivity index (χ1v) is 8.05. The highest BCUT2D eigenvalue weighted by Gasteiger charge is 2.19. The second kappa shape index (κ2) is 8.08. The van der Waals surface area contributed by atoms with Crippen molar-refractivity contribution in [2.45, 2.75) is 13.3 Å². The summed E-state index contributed by atoms with van der Waals surface area (Å²) in [6, 6.07) is 7.43. The molecule has 0 saturated carbocycles. The summed E-state index contributed by atoms with van der Waals surface area (Å²) >= 11 is 0. The summed E-state index contributed by atoms with van der Waals surface area (Å²) in [7, 11) is 2.07. The number of nitrogens with one attached hydrogen (secondary N) is 1. The standard InChI is InChI=1S/C17H26N4O2/c1-13(12-18)17(23)19-15-5-3-14(4-6-15)11-16(22)21-9-7-20(2)8-10-21/h3-6,13H,7-12,18H2,1-2H3,(H,19,23). The average molecular weight is 318 g/mol. The van der Waals surface area contributed by atoms with Gasteiger partial charge >= 0.3 is 0 Å². The molecule has 0 radical (unpaired) electrons. The first kappa shape index (κ1) is 17.4. The molecule has 3 N–H and O–H groups in total. The third-order valence-electron chi connectivity index (χ3n) is 4.23. The lowest BCUT2D eigenvalue weighted by molar-refractivity contribution is -0.132. The van der Waals surface area contributed by atoms with Crippen molar-refractivity contribution in [3.8, 4) is 0 Å². The molecule has 0 aliphatic carbocycles. The molecule has 1 aromatic carbocycles. The van der Waals surface area contributed by atoms with Crippen LogP contribution >= 0.6 is 0 Å². The fourth-order valence-corrected chi connectivity index (χ4v) is 2.42. The lowest BCUT2D eigenvalue weighted by Gasteiger charge is -2.32. The van der Waals surface area contributed by atoms with Gasteiger partial charge in [-0.25, -0.2) is 0 Å². The highest BCUT2D eigenvalue weighted by Crippen LogP contribution is 2.12. The third kappa shape index (κ3) is 5.04. The molecule has 1 atom stereocenters. The van der Waals surface area contributed by atoms with E-state index in [1.54, 1.807) is 6.92 Å². The maximum atomic E-state index is 12.3. The van der Waals surface area contributed by atoms with Gasteiger partial charge in [0.1, 0.15) is 0 Å². The van der Waals surface area contributed by atoms with E-state index in [2.05, 4.69) is 17.3 Å². The van der Waals surface area contributed by atoms with Crippen molar-refractivity contribution >= 4 is 17.5 Å². The Morgan fingerprint density at radius 1 is 1.17 bits per heavy atom. The monoisotopic (exact) mass is 318 g/mol. The number of nitrogens with two attached hydrogens (primary N) is 1. The van der Waals surface area contributed by atoms with Crippen LogP contribution in [-0.2, 0) is 16.0 Å². The van der Waals surface area contributed by atoms with E-state index in [1.165, 1.54) is 0 Å². The van der Waals surface area contributed by atoms with Gasteiger partial charge in [0.2, 0.25) is 11.8 Å². The number of carbonyl (C=O) groups is 2. The van der Waals surface area contributed by atoms with E-state index < -0.39 is 0 Å². The molecule has 1 fully saturated rings. The molecule has 2 rings (SSSR count). The fraction of sp³-hybridized carbons (Fsp3) is 0.529. The van der Waals surface area contributed by atoms with Gasteiger partial charge in [0.15, 0.2) is 0 Å². The first-order chi connectivity index (χ1) is 11.0. The summed E-state index contributed by atoms with van der Waals surface area (Å²) in [5.74, 6) is -0.145. The average Bonchev–Trinajstić information content (AvgIpc) is 2.56. The second-order valence-corrected chi connectivity index (χ2v) is 6.18. The molecule has 0 bridgehead atoms. The molecule has 1 aromatic rings. The van der Waals surface area contributed by atoms with Crippen LogP contribution in [0.5, 0.6) is 0 Å². The molecule has 1 unspecified atom stereocenters. The van der Waals surface area contributed by atoms with Gasteiger partial charge in [-0.15, -0.1) is 0 Å². The lowest BCUT2D eigenvalue weighted by Crippen LogP contribution is -2.47. The number of anilines is 1. The minimum atomic E-state index is -0.214. The number of benzene rings is 1. The Bertz CT molecular complexity index is 536. The first-order valence-electron chi connectivity index (χ1n) is 8.05. The third-order valence-corrected chi connectivity index (χ3v) is 4.23. The van der Waals surface area contributed by atoms with Crippen molar-refractivity contribution in [3.05, 3.63) is 29.8 Å². The molecular weight excluding hydrogens is 292 g/mol.